The third-order valence-corrected chi connectivity index (χ3v) is 5.12. The van der Waals surface area contributed by atoms with Crippen molar-refractivity contribution in [3.63, 3.8) is 0 Å². The Hall–Kier alpha value is -3.49. The molecule has 3 heterocycles. The number of ether oxygens (including phenoxy) is 1. The molecule has 0 aliphatic heterocycles. The van der Waals surface area contributed by atoms with E-state index in [1.165, 1.54) is 0 Å². The summed E-state index contributed by atoms with van der Waals surface area (Å²) in [4.78, 5) is 24.1. The number of nitrogens with zero attached hydrogens (tertiary/aromatic N) is 3. The first-order valence-corrected chi connectivity index (χ1v) is 9.98. The van der Waals surface area contributed by atoms with Gasteiger partial charge in [-0.1, -0.05) is 16.6 Å². The molecule has 4 rings (SSSR count). The zero-order valence-electron chi connectivity index (χ0n) is 17.4. The van der Waals surface area contributed by atoms with E-state index in [0.717, 1.165) is 28.0 Å². The number of nitrogens with one attached hydrogen (secondary N) is 3. The van der Waals surface area contributed by atoms with Crippen molar-refractivity contribution in [2.45, 2.75) is 6.61 Å². The van der Waals surface area contributed by atoms with Gasteiger partial charge in [0.2, 0.25) is 0 Å². The first-order valence-electron chi connectivity index (χ1n) is 9.61. The maximum Gasteiger partial charge on any atom is 0.396 e. The van der Waals surface area contributed by atoms with Gasteiger partial charge in [-0.15, -0.1) is 0 Å². The van der Waals surface area contributed by atoms with Crippen LogP contribution in [0, 0.1) is 0 Å². The Morgan fingerprint density at radius 3 is 2.84 bits per heavy atom. The quantitative estimate of drug-likeness (QED) is 0.402. The molecule has 0 radical (unpaired) electrons. The van der Waals surface area contributed by atoms with Crippen LogP contribution in [0.2, 0.25) is 5.02 Å². The second-order valence-corrected chi connectivity index (χ2v) is 7.45. The number of rotatable bonds is 6. The van der Waals surface area contributed by atoms with E-state index in [1.807, 2.05) is 42.1 Å². The molecule has 1 aromatic carbocycles. The molecule has 0 saturated heterocycles. The molecule has 8 nitrogen and oxygen atoms in total. The zero-order valence-corrected chi connectivity index (χ0v) is 18.1. The monoisotopic (exact) mass is 437 g/mol. The number of methoxy groups -OCH3 is 1. The molecular formula is C22H22ClN6O2+. The Labute approximate surface area is 184 Å². The number of anilines is 2. The number of aromatic amines is 1. The number of pyridine rings is 1. The van der Waals surface area contributed by atoms with Gasteiger partial charge in [0.05, 0.1) is 30.4 Å². The molecular weight excluding hydrogens is 416 g/mol. The molecule has 0 spiro atoms. The minimum Gasteiger partial charge on any atom is -0.380 e. The number of H-pyrrole nitrogens is 1. The minimum atomic E-state index is -0.203. The third kappa shape index (κ3) is 4.35. The number of fused-ring (bicyclic) bond motifs is 1. The molecule has 0 aliphatic carbocycles. The molecule has 0 unspecified atom stereocenters. The van der Waals surface area contributed by atoms with Crippen LogP contribution in [-0.4, -0.2) is 35.0 Å². The summed E-state index contributed by atoms with van der Waals surface area (Å²) in [5, 5.41) is 7.23. The summed E-state index contributed by atoms with van der Waals surface area (Å²) in [7, 11) is 5.14. The second kappa shape index (κ2) is 8.71. The Kier molecular flexibility index (Phi) is 5.83. The molecule has 9 heteroatoms. The van der Waals surface area contributed by atoms with Gasteiger partial charge >= 0.3 is 5.95 Å². The fourth-order valence-electron chi connectivity index (χ4n) is 3.27. The van der Waals surface area contributed by atoms with Crippen LogP contribution in [0.5, 0.6) is 0 Å². The number of amides is 1. The standard InChI is InChI=1S/C22H21ClN6O2/c1-24-21(30)19-10-14-9-15(11-16(23)20(14)27-19)26-22-28-17(5-7-29(22)2)18-8-13(12-31-3)4-6-25-18/h4-11H,12H2,1-3H3,(H2,24,25,27,30)/p+1. The van der Waals surface area contributed by atoms with Gasteiger partial charge in [-0.25, -0.2) is 9.88 Å². The third-order valence-electron chi connectivity index (χ3n) is 4.82. The molecule has 0 bridgehead atoms. The van der Waals surface area contributed by atoms with Crippen LogP contribution >= 0.6 is 11.6 Å². The molecule has 0 saturated carbocycles. The molecule has 0 atom stereocenters. The summed E-state index contributed by atoms with van der Waals surface area (Å²) in [6.45, 7) is 0.508. The van der Waals surface area contributed by atoms with E-state index in [9.17, 15) is 4.79 Å². The SMILES string of the molecule is CNC(=O)c1cc2cc(Nc3nc(-c4cc(COC)ccn4)cc[n+]3C)cc(Cl)c2[nH]1. The first kappa shape index (κ1) is 20.8. The number of halogens is 1. The van der Waals surface area contributed by atoms with Crippen molar-refractivity contribution < 1.29 is 14.1 Å². The highest BCUT2D eigenvalue weighted by Gasteiger charge is 2.17. The van der Waals surface area contributed by atoms with Crippen LogP contribution in [0.3, 0.4) is 0 Å². The van der Waals surface area contributed by atoms with Crippen LogP contribution in [0.4, 0.5) is 11.6 Å². The molecule has 3 N–H and O–H groups in total. The number of carbonyl (C=O) groups is 1. The summed E-state index contributed by atoms with van der Waals surface area (Å²) in [6, 6.07) is 11.2. The average molecular weight is 438 g/mol. The lowest BCUT2D eigenvalue weighted by Gasteiger charge is -2.06. The van der Waals surface area contributed by atoms with Crippen molar-refractivity contribution in [3.8, 4) is 11.4 Å². The number of benzene rings is 1. The van der Waals surface area contributed by atoms with Crippen LogP contribution in [-0.2, 0) is 18.4 Å². The zero-order chi connectivity index (χ0) is 22.0. The number of hydrogen-bond acceptors (Lipinski definition) is 5. The van der Waals surface area contributed by atoms with E-state index in [1.54, 1.807) is 32.5 Å². The van der Waals surface area contributed by atoms with Gasteiger partial charge in [0.25, 0.3) is 5.91 Å². The van der Waals surface area contributed by atoms with Crippen molar-refractivity contribution in [2.24, 2.45) is 7.05 Å². The summed E-state index contributed by atoms with van der Waals surface area (Å²) in [5.74, 6) is 0.416. The van der Waals surface area contributed by atoms with E-state index in [-0.39, 0.29) is 5.91 Å². The Bertz CT molecular complexity index is 1270. The lowest BCUT2D eigenvalue weighted by atomic mass is 10.2. The van der Waals surface area contributed by atoms with Gasteiger partial charge in [-0.2, -0.15) is 0 Å². The van der Waals surface area contributed by atoms with Gasteiger partial charge in [0.1, 0.15) is 17.1 Å². The predicted molar refractivity (Wildman–Crippen MR) is 119 cm³/mol. The van der Waals surface area contributed by atoms with Gasteiger partial charge in [0.15, 0.2) is 5.69 Å². The highest BCUT2D eigenvalue weighted by Crippen LogP contribution is 2.29. The molecule has 0 aliphatic rings. The fraction of sp³-hybridized carbons (Fsp3) is 0.182. The van der Waals surface area contributed by atoms with E-state index in [2.05, 4.69) is 20.6 Å². The summed E-state index contributed by atoms with van der Waals surface area (Å²) in [5.41, 5.74) is 4.41. The smallest absolute Gasteiger partial charge is 0.380 e. The summed E-state index contributed by atoms with van der Waals surface area (Å²) < 4.78 is 7.07. The van der Waals surface area contributed by atoms with Crippen LogP contribution in [0.1, 0.15) is 16.1 Å². The normalized spacial score (nSPS) is 11.0. The van der Waals surface area contributed by atoms with Crippen LogP contribution in [0.15, 0.2) is 48.8 Å². The van der Waals surface area contributed by atoms with Crippen LogP contribution < -0.4 is 15.2 Å². The minimum absolute atomic E-state index is 0.203. The molecule has 4 aromatic rings. The Morgan fingerprint density at radius 2 is 2.06 bits per heavy atom. The summed E-state index contributed by atoms with van der Waals surface area (Å²) >= 11 is 6.45. The van der Waals surface area contributed by atoms with Crippen molar-refractivity contribution in [2.75, 3.05) is 19.5 Å². The van der Waals surface area contributed by atoms with Gasteiger partial charge in [-0.3, -0.25) is 9.78 Å². The molecule has 1 amide bonds. The van der Waals surface area contributed by atoms with Gasteiger partial charge < -0.3 is 15.0 Å². The maximum absolute atomic E-state index is 11.9. The number of carbonyl (C=O) groups excluding carboxylic acids is 1. The molecule has 3 aromatic heterocycles. The molecule has 158 valence electrons. The number of aryl methyl sites for hydroxylation is 1. The number of hydrogen-bond donors (Lipinski definition) is 3. The highest BCUT2D eigenvalue weighted by molar-refractivity contribution is 6.35. The highest BCUT2D eigenvalue weighted by atomic mass is 35.5. The van der Waals surface area contributed by atoms with E-state index >= 15 is 0 Å². The van der Waals surface area contributed by atoms with E-state index < -0.39 is 0 Å². The maximum atomic E-state index is 11.9. The largest absolute Gasteiger partial charge is 0.396 e. The topological polar surface area (TPSA) is 95.8 Å². The van der Waals surface area contributed by atoms with E-state index in [0.29, 0.717) is 28.8 Å². The second-order valence-electron chi connectivity index (χ2n) is 7.04. The van der Waals surface area contributed by atoms with Crippen molar-refractivity contribution in [3.05, 3.63) is 65.1 Å². The summed E-state index contributed by atoms with van der Waals surface area (Å²) in [6.07, 6.45) is 3.66. The first-order chi connectivity index (χ1) is 15.0. The van der Waals surface area contributed by atoms with Gasteiger partial charge in [0, 0.05) is 31.8 Å². The van der Waals surface area contributed by atoms with Crippen molar-refractivity contribution in [1.29, 1.82) is 0 Å². The predicted octanol–water partition coefficient (Wildman–Crippen LogP) is 3.35. The van der Waals surface area contributed by atoms with E-state index in [4.69, 9.17) is 21.3 Å². The van der Waals surface area contributed by atoms with Crippen molar-refractivity contribution in [1.82, 2.24) is 20.3 Å². The Morgan fingerprint density at radius 1 is 1.23 bits per heavy atom. The lowest BCUT2D eigenvalue weighted by molar-refractivity contribution is -0.659. The Balaban J connectivity index is 1.68. The molecule has 0 fully saturated rings. The lowest BCUT2D eigenvalue weighted by Crippen LogP contribution is -2.32. The van der Waals surface area contributed by atoms with Crippen molar-refractivity contribution >= 4 is 40.0 Å². The fourth-order valence-corrected chi connectivity index (χ4v) is 3.54. The number of aromatic nitrogens is 4. The van der Waals surface area contributed by atoms with Gasteiger partial charge in [-0.05, 0) is 35.9 Å². The molecule has 31 heavy (non-hydrogen) atoms. The van der Waals surface area contributed by atoms with Crippen LogP contribution in [0.25, 0.3) is 22.3 Å². The average Bonchev–Trinajstić information content (AvgIpc) is 3.20.